The summed E-state index contributed by atoms with van der Waals surface area (Å²) in [5, 5.41) is 18.7. The maximum Gasteiger partial charge on any atom is 0.242 e. The molecule has 21 heavy (non-hydrogen) atoms. The van der Waals surface area contributed by atoms with Crippen molar-refractivity contribution in [2.75, 3.05) is 6.54 Å². The van der Waals surface area contributed by atoms with Crippen LogP contribution >= 0.6 is 0 Å². The van der Waals surface area contributed by atoms with Gasteiger partial charge in [0.25, 0.3) is 0 Å². The Bertz CT molecular complexity index is 655. The minimum absolute atomic E-state index is 0.0882. The van der Waals surface area contributed by atoms with Gasteiger partial charge in [0.05, 0.1) is 6.10 Å². The summed E-state index contributed by atoms with van der Waals surface area (Å²) >= 11 is 0. The summed E-state index contributed by atoms with van der Waals surface area (Å²) in [5.74, 6) is -1.01. The number of halogens is 1. The predicted octanol–water partition coefficient (Wildman–Crippen LogP) is 1.53. The summed E-state index contributed by atoms with van der Waals surface area (Å²) in [6, 6.07) is 5.06. The number of aliphatic hydroxyl groups is 1. The molecule has 2 atom stereocenters. The Hall–Kier alpha value is -1.49. The summed E-state index contributed by atoms with van der Waals surface area (Å²) in [6.07, 6.45) is 2.78. The zero-order valence-corrected chi connectivity index (χ0v) is 12.2. The fourth-order valence-electron chi connectivity index (χ4n) is 2.56. The van der Waals surface area contributed by atoms with Gasteiger partial charge in [0.15, 0.2) is 0 Å². The monoisotopic (exact) mass is 312 g/mol. The van der Waals surface area contributed by atoms with E-state index in [1.54, 1.807) is 6.07 Å². The topological polar surface area (TPSA) is 90.2 Å². The molecule has 1 aromatic rings. The highest BCUT2D eigenvalue weighted by molar-refractivity contribution is 7.89. The van der Waals surface area contributed by atoms with Crippen LogP contribution in [0.5, 0.6) is 0 Å². The Kier molecular flexibility index (Phi) is 4.93. The van der Waals surface area contributed by atoms with Gasteiger partial charge < -0.3 is 5.11 Å². The van der Waals surface area contributed by atoms with E-state index >= 15 is 0 Å². The van der Waals surface area contributed by atoms with E-state index in [1.807, 2.05) is 0 Å². The molecule has 2 rings (SSSR count). The maximum absolute atomic E-state index is 13.5. The molecule has 1 saturated carbocycles. The first-order valence-corrected chi connectivity index (χ1v) is 8.30. The highest BCUT2D eigenvalue weighted by Gasteiger charge is 2.26. The molecule has 0 aliphatic heterocycles. The van der Waals surface area contributed by atoms with Crippen molar-refractivity contribution in [3.05, 3.63) is 29.6 Å². The number of sulfonamides is 1. The SMILES string of the molecule is N#Cc1c(F)cccc1S(=O)(=O)NCC1CCCCC1O. The molecule has 0 aromatic heterocycles. The molecular weight excluding hydrogens is 295 g/mol. The second kappa shape index (κ2) is 6.52. The van der Waals surface area contributed by atoms with Gasteiger partial charge >= 0.3 is 0 Å². The highest BCUT2D eigenvalue weighted by Crippen LogP contribution is 2.24. The van der Waals surface area contributed by atoms with Crippen LogP contribution in [0.2, 0.25) is 0 Å². The molecule has 1 aliphatic rings. The van der Waals surface area contributed by atoms with E-state index in [0.717, 1.165) is 25.3 Å². The largest absolute Gasteiger partial charge is 0.393 e. The molecule has 7 heteroatoms. The van der Waals surface area contributed by atoms with E-state index in [0.29, 0.717) is 6.42 Å². The van der Waals surface area contributed by atoms with Crippen LogP contribution in [0.25, 0.3) is 0 Å². The van der Waals surface area contributed by atoms with Gasteiger partial charge in [-0.3, -0.25) is 0 Å². The van der Waals surface area contributed by atoms with E-state index in [2.05, 4.69) is 4.72 Å². The Morgan fingerprint density at radius 3 is 2.76 bits per heavy atom. The van der Waals surface area contributed by atoms with Gasteiger partial charge in [-0.2, -0.15) is 5.26 Å². The van der Waals surface area contributed by atoms with Crippen LogP contribution < -0.4 is 4.72 Å². The fourth-order valence-corrected chi connectivity index (χ4v) is 3.82. The number of nitrogens with zero attached hydrogens (tertiary/aromatic N) is 1. The fraction of sp³-hybridized carbons (Fsp3) is 0.500. The van der Waals surface area contributed by atoms with Crippen molar-refractivity contribution in [1.29, 1.82) is 5.26 Å². The lowest BCUT2D eigenvalue weighted by atomic mass is 9.87. The average molecular weight is 312 g/mol. The van der Waals surface area contributed by atoms with Crippen LogP contribution in [0, 0.1) is 23.1 Å². The molecule has 5 nitrogen and oxygen atoms in total. The molecule has 0 radical (unpaired) electrons. The third kappa shape index (κ3) is 3.59. The zero-order chi connectivity index (χ0) is 15.5. The predicted molar refractivity (Wildman–Crippen MR) is 74.3 cm³/mol. The van der Waals surface area contributed by atoms with E-state index in [9.17, 15) is 17.9 Å². The first-order valence-electron chi connectivity index (χ1n) is 6.82. The van der Waals surface area contributed by atoms with Crippen LogP contribution in [-0.4, -0.2) is 26.2 Å². The minimum Gasteiger partial charge on any atom is -0.393 e. The standard InChI is InChI=1S/C14H17FN2O3S/c15-12-5-3-7-14(11(12)8-16)21(19,20)17-9-10-4-1-2-6-13(10)18/h3,5,7,10,13,17-18H,1-2,4,6,9H2. The van der Waals surface area contributed by atoms with Crippen LogP contribution in [0.3, 0.4) is 0 Å². The third-order valence-electron chi connectivity index (χ3n) is 3.78. The van der Waals surface area contributed by atoms with Crippen molar-refractivity contribution in [2.45, 2.75) is 36.7 Å². The Balaban J connectivity index is 2.16. The average Bonchev–Trinajstić information content (AvgIpc) is 2.46. The second-order valence-corrected chi connectivity index (χ2v) is 6.92. The van der Waals surface area contributed by atoms with Gasteiger partial charge in [-0.25, -0.2) is 17.5 Å². The second-order valence-electron chi connectivity index (χ2n) is 5.19. The molecule has 0 spiro atoms. The van der Waals surface area contributed by atoms with Crippen molar-refractivity contribution < 1.29 is 17.9 Å². The first kappa shape index (κ1) is 15.9. The third-order valence-corrected chi connectivity index (χ3v) is 5.25. The Morgan fingerprint density at radius 2 is 2.10 bits per heavy atom. The van der Waals surface area contributed by atoms with E-state index in [4.69, 9.17) is 5.26 Å². The van der Waals surface area contributed by atoms with E-state index in [1.165, 1.54) is 12.1 Å². The van der Waals surface area contributed by atoms with Crippen LogP contribution in [0.4, 0.5) is 4.39 Å². The number of hydrogen-bond donors (Lipinski definition) is 2. The molecule has 114 valence electrons. The van der Waals surface area contributed by atoms with Crippen molar-refractivity contribution in [3.8, 4) is 6.07 Å². The Labute approximate surface area is 123 Å². The summed E-state index contributed by atoms with van der Waals surface area (Å²) in [4.78, 5) is -0.365. The summed E-state index contributed by atoms with van der Waals surface area (Å²) in [6.45, 7) is 0.0882. The zero-order valence-electron chi connectivity index (χ0n) is 11.4. The normalized spacial score (nSPS) is 22.7. The van der Waals surface area contributed by atoms with Gasteiger partial charge in [0, 0.05) is 6.54 Å². The van der Waals surface area contributed by atoms with Crippen molar-refractivity contribution >= 4 is 10.0 Å². The molecule has 1 fully saturated rings. The Morgan fingerprint density at radius 1 is 1.38 bits per heavy atom. The lowest BCUT2D eigenvalue weighted by molar-refractivity contribution is 0.0724. The van der Waals surface area contributed by atoms with Crippen molar-refractivity contribution in [2.24, 2.45) is 5.92 Å². The number of nitrogens with one attached hydrogen (secondary N) is 1. The number of aliphatic hydroxyl groups excluding tert-OH is 1. The van der Waals surface area contributed by atoms with Crippen molar-refractivity contribution in [1.82, 2.24) is 4.72 Å². The van der Waals surface area contributed by atoms with Crippen molar-refractivity contribution in [3.63, 3.8) is 0 Å². The smallest absolute Gasteiger partial charge is 0.242 e. The molecule has 0 amide bonds. The number of hydrogen-bond acceptors (Lipinski definition) is 4. The van der Waals surface area contributed by atoms with E-state index in [-0.39, 0.29) is 17.4 Å². The van der Waals surface area contributed by atoms with Gasteiger partial charge in [-0.15, -0.1) is 0 Å². The number of rotatable bonds is 4. The maximum atomic E-state index is 13.5. The lowest BCUT2D eigenvalue weighted by Gasteiger charge is -2.27. The lowest BCUT2D eigenvalue weighted by Crippen LogP contribution is -2.36. The van der Waals surface area contributed by atoms with Gasteiger partial charge in [-0.05, 0) is 30.9 Å². The molecule has 1 aliphatic carbocycles. The van der Waals surface area contributed by atoms with Crippen LogP contribution in [0.15, 0.2) is 23.1 Å². The molecule has 0 heterocycles. The van der Waals surface area contributed by atoms with Crippen LogP contribution in [0.1, 0.15) is 31.2 Å². The number of benzene rings is 1. The van der Waals surface area contributed by atoms with Gasteiger partial charge in [0.2, 0.25) is 10.0 Å². The molecule has 0 saturated heterocycles. The number of nitriles is 1. The highest BCUT2D eigenvalue weighted by atomic mass is 32.2. The van der Waals surface area contributed by atoms with Crippen LogP contribution in [-0.2, 0) is 10.0 Å². The molecule has 2 unspecified atom stereocenters. The van der Waals surface area contributed by atoms with Gasteiger partial charge in [0.1, 0.15) is 22.3 Å². The molecule has 0 bridgehead atoms. The molecule has 1 aromatic carbocycles. The summed E-state index contributed by atoms with van der Waals surface area (Å²) in [5.41, 5.74) is -0.491. The van der Waals surface area contributed by atoms with Gasteiger partial charge in [-0.1, -0.05) is 18.9 Å². The first-order chi connectivity index (χ1) is 9.95. The summed E-state index contributed by atoms with van der Waals surface area (Å²) < 4.78 is 40.3. The van der Waals surface area contributed by atoms with E-state index < -0.39 is 27.5 Å². The molecular formula is C14H17FN2O3S. The minimum atomic E-state index is -3.97. The summed E-state index contributed by atoms with van der Waals surface area (Å²) in [7, 11) is -3.97. The molecule has 2 N–H and O–H groups in total. The quantitative estimate of drug-likeness (QED) is 0.882.